The third kappa shape index (κ3) is 4.09. The van der Waals surface area contributed by atoms with Crippen molar-refractivity contribution >= 4 is 27.7 Å². The van der Waals surface area contributed by atoms with Gasteiger partial charge < -0.3 is 19.0 Å². The topological polar surface area (TPSA) is 72.1 Å². The third-order valence-electron chi connectivity index (χ3n) is 7.40. The molecule has 36 heavy (non-hydrogen) atoms. The van der Waals surface area contributed by atoms with Crippen LogP contribution in [0.2, 0.25) is 0 Å². The Morgan fingerprint density at radius 2 is 1.78 bits per heavy atom. The van der Waals surface area contributed by atoms with Gasteiger partial charge in [-0.1, -0.05) is 43.3 Å². The zero-order valence-electron chi connectivity index (χ0n) is 21.3. The first-order valence-corrected chi connectivity index (χ1v) is 12.7. The number of carbonyl (C=O) groups is 1. The Kier molecular flexibility index (Phi) is 6.63. The Morgan fingerprint density at radius 3 is 2.42 bits per heavy atom. The minimum Gasteiger partial charge on any atom is -0.507 e. The Morgan fingerprint density at radius 1 is 1.11 bits per heavy atom. The second kappa shape index (κ2) is 9.86. The van der Waals surface area contributed by atoms with Gasteiger partial charge in [-0.15, -0.1) is 0 Å². The van der Waals surface area contributed by atoms with Crippen molar-refractivity contribution in [2.24, 2.45) is 5.92 Å². The molecule has 0 saturated carbocycles. The number of likely N-dealkylation sites (tertiary alicyclic amines) is 1. The number of nitrogens with zero attached hydrogens (tertiary/aromatic N) is 1. The molecule has 1 saturated heterocycles. The van der Waals surface area contributed by atoms with Gasteiger partial charge in [0.15, 0.2) is 0 Å². The molecular formula is C30H33NO5. The van der Waals surface area contributed by atoms with Crippen LogP contribution in [0.1, 0.15) is 60.0 Å². The first-order valence-electron chi connectivity index (χ1n) is 12.7. The molecule has 0 bridgehead atoms. The smallest absolute Gasteiger partial charge is 0.342 e. The van der Waals surface area contributed by atoms with Crippen molar-refractivity contribution in [1.29, 1.82) is 0 Å². The zero-order chi connectivity index (χ0) is 25.4. The van der Waals surface area contributed by atoms with E-state index in [1.54, 1.807) is 21.0 Å². The van der Waals surface area contributed by atoms with E-state index in [0.717, 1.165) is 42.6 Å². The van der Waals surface area contributed by atoms with Gasteiger partial charge >= 0.3 is 5.97 Å². The van der Waals surface area contributed by atoms with Crippen LogP contribution in [0.15, 0.2) is 52.9 Å². The normalized spacial score (nSPS) is 15.9. The van der Waals surface area contributed by atoms with Crippen molar-refractivity contribution in [1.82, 2.24) is 4.90 Å². The number of aromatic hydroxyl groups is 1. The molecular weight excluding hydrogens is 454 g/mol. The maximum atomic E-state index is 13.2. The lowest BCUT2D eigenvalue weighted by Gasteiger charge is -2.38. The van der Waals surface area contributed by atoms with E-state index in [1.165, 1.54) is 0 Å². The van der Waals surface area contributed by atoms with E-state index in [0.29, 0.717) is 39.2 Å². The summed E-state index contributed by atoms with van der Waals surface area (Å²) in [4.78, 5) is 15.6. The molecule has 1 atom stereocenters. The van der Waals surface area contributed by atoms with Gasteiger partial charge in [-0.2, -0.15) is 0 Å². The number of furan rings is 1. The van der Waals surface area contributed by atoms with Gasteiger partial charge in [-0.25, -0.2) is 4.79 Å². The predicted octanol–water partition coefficient (Wildman–Crippen LogP) is 6.61. The largest absolute Gasteiger partial charge is 0.507 e. The summed E-state index contributed by atoms with van der Waals surface area (Å²) in [5, 5.41) is 14.0. The molecule has 0 aliphatic carbocycles. The lowest BCUT2D eigenvalue weighted by atomic mass is 9.87. The number of hydrogen-bond acceptors (Lipinski definition) is 6. The molecule has 188 valence electrons. The summed E-state index contributed by atoms with van der Waals surface area (Å²) in [6.07, 6.45) is 2.14. The van der Waals surface area contributed by atoms with Crippen LogP contribution in [0.5, 0.6) is 11.5 Å². The summed E-state index contributed by atoms with van der Waals surface area (Å²) < 4.78 is 17.1. The van der Waals surface area contributed by atoms with Crippen LogP contribution >= 0.6 is 0 Å². The fourth-order valence-corrected chi connectivity index (χ4v) is 5.49. The van der Waals surface area contributed by atoms with Crippen LogP contribution in [0.4, 0.5) is 0 Å². The van der Waals surface area contributed by atoms with Crippen LogP contribution in [-0.2, 0) is 4.74 Å². The van der Waals surface area contributed by atoms with E-state index in [1.807, 2.05) is 48.5 Å². The molecule has 0 amide bonds. The second-order valence-corrected chi connectivity index (χ2v) is 9.66. The summed E-state index contributed by atoms with van der Waals surface area (Å²) in [6, 6.07) is 15.3. The Hall–Kier alpha value is -3.51. The third-order valence-corrected chi connectivity index (χ3v) is 7.40. The highest BCUT2D eigenvalue weighted by Gasteiger charge is 2.34. The molecule has 1 aliphatic heterocycles. The first kappa shape index (κ1) is 24.2. The molecule has 0 spiro atoms. The molecule has 1 aromatic heterocycles. The van der Waals surface area contributed by atoms with Gasteiger partial charge in [-0.3, -0.25) is 4.90 Å². The summed E-state index contributed by atoms with van der Waals surface area (Å²) in [7, 11) is 1.65. The summed E-state index contributed by atoms with van der Waals surface area (Å²) in [6.45, 7) is 7.88. The van der Waals surface area contributed by atoms with Gasteiger partial charge in [0, 0.05) is 21.7 Å². The van der Waals surface area contributed by atoms with Gasteiger partial charge in [0.1, 0.15) is 28.4 Å². The number of fused-ring (bicyclic) bond motifs is 3. The van der Waals surface area contributed by atoms with Crippen molar-refractivity contribution in [2.45, 2.75) is 39.7 Å². The molecule has 4 aromatic rings. The summed E-state index contributed by atoms with van der Waals surface area (Å²) in [5.74, 6) is 1.63. The molecule has 5 rings (SSSR count). The quantitative estimate of drug-likeness (QED) is 0.309. The van der Waals surface area contributed by atoms with Crippen molar-refractivity contribution < 1.29 is 23.8 Å². The lowest BCUT2D eigenvalue weighted by molar-refractivity contribution is 0.0526. The molecule has 0 radical (unpaired) electrons. The molecule has 2 heterocycles. The number of phenols is 1. The van der Waals surface area contributed by atoms with Crippen LogP contribution < -0.4 is 4.74 Å². The fourth-order valence-electron chi connectivity index (χ4n) is 5.49. The predicted molar refractivity (Wildman–Crippen MR) is 141 cm³/mol. The average Bonchev–Trinajstić information content (AvgIpc) is 3.24. The van der Waals surface area contributed by atoms with Crippen LogP contribution in [0, 0.1) is 12.8 Å². The number of aryl methyl sites for hydroxylation is 1. The van der Waals surface area contributed by atoms with E-state index >= 15 is 0 Å². The molecule has 1 unspecified atom stereocenters. The van der Waals surface area contributed by atoms with Crippen molar-refractivity contribution in [2.75, 3.05) is 26.8 Å². The summed E-state index contributed by atoms with van der Waals surface area (Å²) >= 11 is 0. The summed E-state index contributed by atoms with van der Waals surface area (Å²) in [5.41, 5.74) is 2.68. The van der Waals surface area contributed by atoms with Crippen LogP contribution in [0.25, 0.3) is 21.7 Å². The molecule has 1 N–H and O–H groups in total. The number of rotatable bonds is 6. The number of hydrogen-bond donors (Lipinski definition) is 1. The number of esters is 1. The fraction of sp³-hybridized carbons (Fsp3) is 0.367. The van der Waals surface area contributed by atoms with Gasteiger partial charge in [0.05, 0.1) is 19.8 Å². The number of ether oxygens (including phenoxy) is 2. The highest BCUT2D eigenvalue weighted by molar-refractivity contribution is 6.16. The number of methoxy groups -OCH3 is 1. The molecule has 3 aromatic carbocycles. The molecule has 1 fully saturated rings. The Labute approximate surface area is 211 Å². The average molecular weight is 488 g/mol. The first-order chi connectivity index (χ1) is 17.4. The molecule has 6 nitrogen and oxygen atoms in total. The van der Waals surface area contributed by atoms with E-state index in [4.69, 9.17) is 13.9 Å². The lowest BCUT2D eigenvalue weighted by Crippen LogP contribution is -2.37. The van der Waals surface area contributed by atoms with Crippen molar-refractivity contribution in [3.05, 3.63) is 71.0 Å². The van der Waals surface area contributed by atoms with Gasteiger partial charge in [-0.05, 0) is 63.4 Å². The van der Waals surface area contributed by atoms with E-state index in [9.17, 15) is 9.90 Å². The van der Waals surface area contributed by atoms with Crippen LogP contribution in [0.3, 0.4) is 0 Å². The number of carbonyl (C=O) groups excluding carboxylic acids is 1. The second-order valence-electron chi connectivity index (χ2n) is 9.66. The number of piperidine rings is 1. The standard InChI is InChI=1S/C30H33NO5/c1-5-35-30(33)24-19(3)36-29-23-9-7-6-8-22(23)28(32)26(25(24)29)27(31-16-14-18(2)15-17-31)20-10-12-21(34-4)13-11-20/h6-13,18,27,32H,5,14-17H2,1-4H3. The Bertz CT molecular complexity index is 1400. The number of phenolic OH excluding ortho intramolecular Hbond substituents is 1. The minimum atomic E-state index is -0.439. The number of benzene rings is 3. The SMILES string of the molecule is CCOC(=O)c1c(C)oc2c1c(C(c1ccc(OC)cc1)N1CCC(C)CC1)c(O)c1ccccc12. The maximum Gasteiger partial charge on any atom is 0.342 e. The molecule has 1 aliphatic rings. The van der Waals surface area contributed by atoms with Crippen molar-refractivity contribution in [3.8, 4) is 11.5 Å². The van der Waals surface area contributed by atoms with E-state index in [2.05, 4.69) is 11.8 Å². The minimum absolute atomic E-state index is 0.170. The zero-order valence-corrected chi connectivity index (χ0v) is 21.3. The highest BCUT2D eigenvalue weighted by Crippen LogP contribution is 2.48. The Balaban J connectivity index is 1.85. The molecule has 6 heteroatoms. The maximum absolute atomic E-state index is 13.2. The highest BCUT2D eigenvalue weighted by atomic mass is 16.5. The van der Waals surface area contributed by atoms with Crippen LogP contribution in [-0.4, -0.2) is 42.8 Å². The van der Waals surface area contributed by atoms with Gasteiger partial charge in [0.25, 0.3) is 0 Å². The van der Waals surface area contributed by atoms with E-state index in [-0.39, 0.29) is 18.4 Å². The monoisotopic (exact) mass is 487 g/mol. The van der Waals surface area contributed by atoms with Gasteiger partial charge in [0.2, 0.25) is 0 Å². The van der Waals surface area contributed by atoms with E-state index < -0.39 is 5.97 Å². The van der Waals surface area contributed by atoms with Crippen molar-refractivity contribution in [3.63, 3.8) is 0 Å².